The van der Waals surface area contributed by atoms with Gasteiger partial charge in [-0.15, -0.1) is 0 Å². The molecule has 1 unspecified atom stereocenters. The number of amides is 2. The molecule has 2 amide bonds. The van der Waals surface area contributed by atoms with Crippen LogP contribution < -0.4 is 15.5 Å². The summed E-state index contributed by atoms with van der Waals surface area (Å²) < 4.78 is 5.52. The number of aromatic hydroxyl groups is 1. The third kappa shape index (κ3) is 4.05. The number of benzene rings is 3. The van der Waals surface area contributed by atoms with Crippen molar-refractivity contribution in [3.8, 4) is 11.5 Å². The van der Waals surface area contributed by atoms with E-state index in [1.807, 2.05) is 25.1 Å². The van der Waals surface area contributed by atoms with Crippen LogP contribution in [0.5, 0.6) is 11.5 Å². The van der Waals surface area contributed by atoms with E-state index in [0.29, 0.717) is 22.6 Å². The van der Waals surface area contributed by atoms with Gasteiger partial charge in [-0.25, -0.2) is 5.01 Å². The number of phenols is 1. The number of hydrogen-bond acceptors (Lipinski definition) is 5. The number of aryl methyl sites for hydroxylation is 1. The first-order valence-electron chi connectivity index (χ1n) is 9.48. The molecule has 0 radical (unpaired) electrons. The van der Waals surface area contributed by atoms with Gasteiger partial charge in [0.1, 0.15) is 17.7 Å². The molecule has 0 fully saturated rings. The van der Waals surface area contributed by atoms with Crippen LogP contribution in [0, 0.1) is 6.92 Å². The fourth-order valence-corrected chi connectivity index (χ4v) is 3.21. The van der Waals surface area contributed by atoms with Crippen LogP contribution in [0.2, 0.25) is 0 Å². The number of carbonyl (C=O) groups is 2. The molecule has 1 heterocycles. The van der Waals surface area contributed by atoms with Crippen molar-refractivity contribution in [1.29, 1.82) is 0 Å². The summed E-state index contributed by atoms with van der Waals surface area (Å²) in [6, 6.07) is 20.9. The van der Waals surface area contributed by atoms with Crippen molar-refractivity contribution >= 4 is 17.5 Å². The van der Waals surface area contributed by atoms with Crippen molar-refractivity contribution < 1.29 is 19.4 Å². The quantitative estimate of drug-likeness (QED) is 0.608. The van der Waals surface area contributed by atoms with Gasteiger partial charge in [0.2, 0.25) is 0 Å². The number of phenolic OH excluding ortho intramolecular Hbond substituents is 1. The minimum Gasteiger partial charge on any atom is -0.508 e. The van der Waals surface area contributed by atoms with Gasteiger partial charge in [0.05, 0.1) is 5.56 Å². The van der Waals surface area contributed by atoms with Gasteiger partial charge in [-0.05, 0) is 48.9 Å². The second-order valence-electron chi connectivity index (χ2n) is 7.00. The molecule has 7 nitrogen and oxygen atoms in total. The van der Waals surface area contributed by atoms with Gasteiger partial charge < -0.3 is 15.2 Å². The Labute approximate surface area is 173 Å². The fraction of sp³-hybridized carbons (Fsp3) is 0.130. The van der Waals surface area contributed by atoms with E-state index in [2.05, 4.69) is 10.7 Å². The lowest BCUT2D eigenvalue weighted by Gasteiger charge is -2.37. The summed E-state index contributed by atoms with van der Waals surface area (Å²) in [7, 11) is 0. The number of nitrogens with one attached hydrogen (secondary N) is 2. The molecule has 3 N–H and O–H groups in total. The van der Waals surface area contributed by atoms with Gasteiger partial charge >= 0.3 is 0 Å². The molecule has 1 atom stereocenters. The van der Waals surface area contributed by atoms with Gasteiger partial charge in [0.15, 0.2) is 6.61 Å². The second kappa shape index (κ2) is 8.16. The first-order valence-corrected chi connectivity index (χ1v) is 9.48. The van der Waals surface area contributed by atoms with Gasteiger partial charge in [-0.3, -0.25) is 15.0 Å². The standard InChI is InChI=1S/C23H21N3O4/c1-15-6-12-18(13-7-15)30-14-21(28)25-26-22(16-8-10-17(27)11-9-16)24-20-5-3-2-4-19(20)23(26)29/h2-13,22,24,27H,14H2,1H3,(H,25,28). The number of fused-ring (bicyclic) bond motifs is 1. The molecule has 3 aromatic rings. The molecule has 30 heavy (non-hydrogen) atoms. The van der Waals surface area contributed by atoms with Crippen LogP contribution >= 0.6 is 0 Å². The Morgan fingerprint density at radius 2 is 1.77 bits per heavy atom. The monoisotopic (exact) mass is 403 g/mol. The zero-order valence-electron chi connectivity index (χ0n) is 16.3. The van der Waals surface area contributed by atoms with Crippen molar-refractivity contribution in [3.63, 3.8) is 0 Å². The second-order valence-corrected chi connectivity index (χ2v) is 7.00. The Morgan fingerprint density at radius 3 is 2.50 bits per heavy atom. The summed E-state index contributed by atoms with van der Waals surface area (Å²) in [5.74, 6) is -0.123. The van der Waals surface area contributed by atoms with E-state index in [1.165, 1.54) is 17.1 Å². The summed E-state index contributed by atoms with van der Waals surface area (Å²) in [6.45, 7) is 1.73. The van der Waals surface area contributed by atoms with Crippen molar-refractivity contribution in [2.45, 2.75) is 13.1 Å². The smallest absolute Gasteiger partial charge is 0.276 e. The topological polar surface area (TPSA) is 90.9 Å². The van der Waals surface area contributed by atoms with Gasteiger partial charge in [0, 0.05) is 5.69 Å². The van der Waals surface area contributed by atoms with Crippen LogP contribution in [-0.4, -0.2) is 28.5 Å². The fourth-order valence-electron chi connectivity index (χ4n) is 3.21. The van der Waals surface area contributed by atoms with E-state index in [0.717, 1.165) is 5.56 Å². The maximum atomic E-state index is 13.1. The lowest BCUT2D eigenvalue weighted by Crippen LogP contribution is -2.53. The lowest BCUT2D eigenvalue weighted by molar-refractivity contribution is -0.127. The maximum Gasteiger partial charge on any atom is 0.276 e. The molecule has 0 saturated carbocycles. The number of anilines is 1. The van der Waals surface area contributed by atoms with Crippen molar-refractivity contribution in [2.24, 2.45) is 0 Å². The molecular formula is C23H21N3O4. The molecule has 0 saturated heterocycles. The molecule has 1 aliphatic heterocycles. The molecule has 1 aliphatic rings. The number of carbonyl (C=O) groups excluding carboxylic acids is 2. The van der Waals surface area contributed by atoms with Crippen molar-refractivity contribution in [2.75, 3.05) is 11.9 Å². The molecule has 4 rings (SSSR count). The van der Waals surface area contributed by atoms with Crippen LogP contribution in [0.4, 0.5) is 5.69 Å². The lowest BCUT2D eigenvalue weighted by atomic mass is 10.0. The van der Waals surface area contributed by atoms with Crippen LogP contribution in [0.1, 0.15) is 27.7 Å². The summed E-state index contributed by atoms with van der Waals surface area (Å²) in [6.07, 6.45) is -0.642. The predicted octanol–water partition coefficient (Wildman–Crippen LogP) is 3.38. The summed E-state index contributed by atoms with van der Waals surface area (Å²) in [5, 5.41) is 14.1. The SMILES string of the molecule is Cc1ccc(OCC(=O)NN2C(=O)c3ccccc3NC2c2ccc(O)cc2)cc1. The molecule has 3 aromatic carbocycles. The van der Waals surface area contributed by atoms with E-state index in [1.54, 1.807) is 42.5 Å². The molecular weight excluding hydrogens is 382 g/mol. The van der Waals surface area contributed by atoms with Gasteiger partial charge in [0.25, 0.3) is 11.8 Å². The van der Waals surface area contributed by atoms with E-state index in [4.69, 9.17) is 4.74 Å². The number of hydrazine groups is 1. The molecule has 7 heteroatoms. The zero-order valence-corrected chi connectivity index (χ0v) is 16.3. The van der Waals surface area contributed by atoms with Crippen LogP contribution in [0.25, 0.3) is 0 Å². The third-order valence-electron chi connectivity index (χ3n) is 4.77. The minimum atomic E-state index is -0.642. The third-order valence-corrected chi connectivity index (χ3v) is 4.77. The van der Waals surface area contributed by atoms with Gasteiger partial charge in [-0.2, -0.15) is 0 Å². The Morgan fingerprint density at radius 1 is 1.07 bits per heavy atom. The first-order chi connectivity index (χ1) is 14.5. The summed E-state index contributed by atoms with van der Waals surface area (Å²) in [4.78, 5) is 25.6. The normalized spacial score (nSPS) is 15.2. The molecule has 0 aromatic heterocycles. The molecule has 0 aliphatic carbocycles. The van der Waals surface area contributed by atoms with E-state index in [-0.39, 0.29) is 18.3 Å². The van der Waals surface area contributed by atoms with E-state index >= 15 is 0 Å². The average Bonchev–Trinajstić information content (AvgIpc) is 2.76. The Bertz CT molecular complexity index is 1060. The highest BCUT2D eigenvalue weighted by atomic mass is 16.5. The predicted molar refractivity (Wildman–Crippen MR) is 112 cm³/mol. The Kier molecular flexibility index (Phi) is 5.26. The average molecular weight is 403 g/mol. The number of hydrogen-bond donors (Lipinski definition) is 3. The maximum absolute atomic E-state index is 13.1. The number of rotatable bonds is 5. The zero-order chi connectivity index (χ0) is 21.1. The molecule has 0 bridgehead atoms. The van der Waals surface area contributed by atoms with Crippen molar-refractivity contribution in [3.05, 3.63) is 89.5 Å². The van der Waals surface area contributed by atoms with Crippen LogP contribution in [0.15, 0.2) is 72.8 Å². The highest BCUT2D eigenvalue weighted by molar-refractivity contribution is 6.02. The largest absolute Gasteiger partial charge is 0.508 e. The molecule has 152 valence electrons. The Balaban J connectivity index is 1.54. The number of nitrogens with zero attached hydrogens (tertiary/aromatic N) is 1. The van der Waals surface area contributed by atoms with Crippen LogP contribution in [0.3, 0.4) is 0 Å². The number of para-hydroxylation sites is 1. The minimum absolute atomic E-state index is 0.114. The summed E-state index contributed by atoms with van der Waals surface area (Å²) in [5.41, 5.74) is 5.56. The highest BCUT2D eigenvalue weighted by Gasteiger charge is 2.34. The molecule has 0 spiro atoms. The van der Waals surface area contributed by atoms with Crippen LogP contribution in [-0.2, 0) is 4.79 Å². The summed E-state index contributed by atoms with van der Waals surface area (Å²) >= 11 is 0. The van der Waals surface area contributed by atoms with Gasteiger partial charge in [-0.1, -0.05) is 42.0 Å². The highest BCUT2D eigenvalue weighted by Crippen LogP contribution is 2.32. The van der Waals surface area contributed by atoms with Crippen molar-refractivity contribution in [1.82, 2.24) is 10.4 Å². The van der Waals surface area contributed by atoms with E-state index in [9.17, 15) is 14.7 Å². The first kappa shape index (κ1) is 19.3. The number of ether oxygens (including phenoxy) is 1. The Hall–Kier alpha value is -4.00. The van der Waals surface area contributed by atoms with E-state index < -0.39 is 12.1 Å².